The molecule has 1 N–H and O–H groups in total. The van der Waals surface area contributed by atoms with Crippen molar-refractivity contribution in [2.45, 2.75) is 18.9 Å². The highest BCUT2D eigenvalue weighted by molar-refractivity contribution is 6.36. The smallest absolute Gasteiger partial charge is 0.189 e. The van der Waals surface area contributed by atoms with Crippen molar-refractivity contribution in [2.75, 3.05) is 19.7 Å². The van der Waals surface area contributed by atoms with Crippen LogP contribution >= 0.6 is 23.2 Å². The fraction of sp³-hybridized carbons (Fsp3) is 0.462. The molecular weight excluding hydrogens is 273 g/mol. The lowest BCUT2D eigenvalue weighted by Gasteiger charge is -2.22. The van der Waals surface area contributed by atoms with Gasteiger partial charge in [-0.15, -0.1) is 0 Å². The lowest BCUT2D eigenvalue weighted by Crippen LogP contribution is -2.33. The number of ether oxygens (including phenoxy) is 1. The van der Waals surface area contributed by atoms with Crippen LogP contribution in [0.5, 0.6) is 0 Å². The van der Waals surface area contributed by atoms with Crippen molar-refractivity contribution in [2.24, 2.45) is 0 Å². The molecule has 18 heavy (non-hydrogen) atoms. The number of ketones is 1. The standard InChI is InChI=1S/C13H15Cl2NO2/c14-9-1-2-11(12(15)7-9)13(17)8-18-10-3-5-16-6-4-10/h1-2,7,10,16H,3-6,8H2. The number of rotatable bonds is 4. The van der Waals surface area contributed by atoms with Gasteiger partial charge in [0.2, 0.25) is 0 Å². The number of nitrogens with one attached hydrogen (secondary N) is 1. The third kappa shape index (κ3) is 3.69. The first-order valence-corrected chi connectivity index (χ1v) is 6.73. The lowest BCUT2D eigenvalue weighted by molar-refractivity contribution is 0.0318. The first-order valence-electron chi connectivity index (χ1n) is 5.97. The average molecular weight is 288 g/mol. The minimum Gasteiger partial charge on any atom is -0.370 e. The molecule has 1 saturated heterocycles. The molecule has 0 aliphatic carbocycles. The summed E-state index contributed by atoms with van der Waals surface area (Å²) in [6, 6.07) is 4.87. The summed E-state index contributed by atoms with van der Waals surface area (Å²) in [5, 5.41) is 4.15. The zero-order valence-corrected chi connectivity index (χ0v) is 11.4. The van der Waals surface area contributed by atoms with Gasteiger partial charge in [0.25, 0.3) is 0 Å². The number of carbonyl (C=O) groups is 1. The van der Waals surface area contributed by atoms with E-state index in [1.165, 1.54) is 0 Å². The van der Waals surface area contributed by atoms with Gasteiger partial charge in [-0.25, -0.2) is 0 Å². The molecule has 0 saturated carbocycles. The molecule has 0 unspecified atom stereocenters. The van der Waals surface area contributed by atoms with Gasteiger partial charge >= 0.3 is 0 Å². The Labute approximate surface area is 116 Å². The molecule has 1 aromatic carbocycles. The highest BCUT2D eigenvalue weighted by Crippen LogP contribution is 2.21. The van der Waals surface area contributed by atoms with E-state index < -0.39 is 0 Å². The van der Waals surface area contributed by atoms with Crippen molar-refractivity contribution in [1.82, 2.24) is 5.32 Å². The Bertz CT molecular complexity index is 431. The van der Waals surface area contributed by atoms with Gasteiger partial charge in [-0.05, 0) is 44.1 Å². The fourth-order valence-corrected chi connectivity index (χ4v) is 2.46. The number of halogens is 2. The molecule has 1 aliphatic heterocycles. The third-order valence-corrected chi connectivity index (χ3v) is 3.52. The van der Waals surface area contributed by atoms with E-state index in [1.807, 2.05) is 0 Å². The van der Waals surface area contributed by atoms with Gasteiger partial charge in [0, 0.05) is 10.6 Å². The average Bonchev–Trinajstić information content (AvgIpc) is 2.37. The summed E-state index contributed by atoms with van der Waals surface area (Å²) in [4.78, 5) is 12.0. The quantitative estimate of drug-likeness (QED) is 0.866. The molecule has 0 aromatic heterocycles. The number of benzene rings is 1. The van der Waals surface area contributed by atoms with Gasteiger partial charge in [-0.2, -0.15) is 0 Å². The van der Waals surface area contributed by atoms with Crippen LogP contribution in [-0.2, 0) is 4.74 Å². The topological polar surface area (TPSA) is 38.3 Å². The van der Waals surface area contributed by atoms with Crippen LogP contribution in [0, 0.1) is 0 Å². The molecule has 5 heteroatoms. The van der Waals surface area contributed by atoms with Gasteiger partial charge in [-0.1, -0.05) is 23.2 Å². The molecule has 1 aromatic rings. The van der Waals surface area contributed by atoms with Crippen LogP contribution in [0.1, 0.15) is 23.2 Å². The third-order valence-electron chi connectivity index (χ3n) is 2.97. The summed E-state index contributed by atoms with van der Waals surface area (Å²) >= 11 is 11.8. The second-order valence-corrected chi connectivity index (χ2v) is 5.15. The predicted molar refractivity (Wildman–Crippen MR) is 72.6 cm³/mol. The van der Waals surface area contributed by atoms with Crippen molar-refractivity contribution < 1.29 is 9.53 Å². The largest absolute Gasteiger partial charge is 0.370 e. The Kier molecular flexibility index (Phi) is 5.01. The van der Waals surface area contributed by atoms with E-state index in [4.69, 9.17) is 27.9 Å². The molecule has 1 fully saturated rings. The summed E-state index contributed by atoms with van der Waals surface area (Å²) in [7, 11) is 0. The Morgan fingerprint density at radius 2 is 2.06 bits per heavy atom. The first-order chi connectivity index (χ1) is 8.66. The second-order valence-electron chi connectivity index (χ2n) is 4.31. The summed E-state index contributed by atoms with van der Waals surface area (Å²) < 4.78 is 5.60. The van der Waals surface area contributed by atoms with Crippen LogP contribution in [0.4, 0.5) is 0 Å². The van der Waals surface area contributed by atoms with Crippen LogP contribution in [0.25, 0.3) is 0 Å². The molecular formula is C13H15Cl2NO2. The zero-order valence-electron chi connectivity index (χ0n) is 9.92. The fourth-order valence-electron chi connectivity index (χ4n) is 1.95. The number of hydrogen-bond acceptors (Lipinski definition) is 3. The molecule has 0 amide bonds. The van der Waals surface area contributed by atoms with E-state index in [-0.39, 0.29) is 18.5 Å². The van der Waals surface area contributed by atoms with E-state index >= 15 is 0 Å². The maximum Gasteiger partial charge on any atom is 0.189 e. The van der Waals surface area contributed by atoms with Crippen LogP contribution < -0.4 is 5.32 Å². The SMILES string of the molecule is O=C(COC1CCNCC1)c1ccc(Cl)cc1Cl. The Morgan fingerprint density at radius 1 is 1.33 bits per heavy atom. The number of carbonyl (C=O) groups excluding carboxylic acids is 1. The van der Waals surface area contributed by atoms with Crippen molar-refractivity contribution >= 4 is 29.0 Å². The molecule has 98 valence electrons. The van der Waals surface area contributed by atoms with E-state index in [0.29, 0.717) is 15.6 Å². The lowest BCUT2D eigenvalue weighted by atomic mass is 10.1. The molecule has 1 aliphatic rings. The van der Waals surface area contributed by atoms with Crippen molar-refractivity contribution in [3.8, 4) is 0 Å². The highest BCUT2D eigenvalue weighted by atomic mass is 35.5. The van der Waals surface area contributed by atoms with Crippen molar-refractivity contribution in [3.63, 3.8) is 0 Å². The van der Waals surface area contributed by atoms with E-state index in [1.54, 1.807) is 18.2 Å². The second kappa shape index (κ2) is 6.53. The normalized spacial score (nSPS) is 16.8. The minimum atomic E-state index is -0.102. The van der Waals surface area contributed by atoms with E-state index in [9.17, 15) is 4.79 Å². The Hall–Kier alpha value is -0.610. The molecule has 2 rings (SSSR count). The summed E-state index contributed by atoms with van der Waals surface area (Å²) in [5.41, 5.74) is 0.468. The van der Waals surface area contributed by atoms with Gasteiger partial charge in [-0.3, -0.25) is 4.79 Å². The molecule has 3 nitrogen and oxygen atoms in total. The van der Waals surface area contributed by atoms with Gasteiger partial charge < -0.3 is 10.1 Å². The zero-order chi connectivity index (χ0) is 13.0. The first kappa shape index (κ1) is 13.8. The maximum absolute atomic E-state index is 12.0. The van der Waals surface area contributed by atoms with E-state index in [2.05, 4.69) is 5.32 Å². The Balaban J connectivity index is 1.90. The summed E-state index contributed by atoms with van der Waals surface area (Å²) in [6.07, 6.45) is 2.06. The molecule has 0 radical (unpaired) electrons. The van der Waals surface area contributed by atoms with Gasteiger partial charge in [0.1, 0.15) is 6.61 Å². The molecule has 1 heterocycles. The van der Waals surface area contributed by atoms with E-state index in [0.717, 1.165) is 25.9 Å². The number of hydrogen-bond donors (Lipinski definition) is 1. The summed E-state index contributed by atoms with van der Waals surface area (Å²) in [5.74, 6) is -0.102. The number of Topliss-reactive ketones (excluding diaryl/α,β-unsaturated/α-hetero) is 1. The van der Waals surface area contributed by atoms with Crippen LogP contribution in [0.15, 0.2) is 18.2 Å². The van der Waals surface area contributed by atoms with Gasteiger partial charge in [0.15, 0.2) is 5.78 Å². The predicted octanol–water partition coefficient (Wildman–Crippen LogP) is 2.94. The minimum absolute atomic E-state index is 0.0754. The molecule has 0 bridgehead atoms. The summed E-state index contributed by atoms with van der Waals surface area (Å²) in [6.45, 7) is 1.97. The number of piperidine rings is 1. The van der Waals surface area contributed by atoms with Gasteiger partial charge in [0.05, 0.1) is 11.1 Å². The highest BCUT2D eigenvalue weighted by Gasteiger charge is 2.16. The van der Waals surface area contributed by atoms with Crippen LogP contribution in [-0.4, -0.2) is 31.6 Å². The molecule has 0 spiro atoms. The maximum atomic E-state index is 12.0. The van der Waals surface area contributed by atoms with Crippen LogP contribution in [0.2, 0.25) is 10.0 Å². The monoisotopic (exact) mass is 287 g/mol. The molecule has 0 atom stereocenters. The van der Waals surface area contributed by atoms with Crippen molar-refractivity contribution in [1.29, 1.82) is 0 Å². The Morgan fingerprint density at radius 3 is 2.72 bits per heavy atom. The van der Waals surface area contributed by atoms with Crippen LogP contribution in [0.3, 0.4) is 0 Å². The van der Waals surface area contributed by atoms with Crippen molar-refractivity contribution in [3.05, 3.63) is 33.8 Å².